The summed E-state index contributed by atoms with van der Waals surface area (Å²) in [5.41, 5.74) is 11.6. The van der Waals surface area contributed by atoms with Gasteiger partial charge in [0.1, 0.15) is 6.04 Å². The maximum atomic E-state index is 12.1. The van der Waals surface area contributed by atoms with Crippen molar-refractivity contribution in [3.8, 4) is 0 Å². The number of H-pyrrole nitrogens is 1. The van der Waals surface area contributed by atoms with Crippen molar-refractivity contribution < 1.29 is 19.1 Å². The Labute approximate surface area is 167 Å². The number of esters is 2. The van der Waals surface area contributed by atoms with Gasteiger partial charge < -0.3 is 25.5 Å². The van der Waals surface area contributed by atoms with E-state index in [1.54, 1.807) is 4.57 Å². The number of carbonyl (C=O) groups is 2. The van der Waals surface area contributed by atoms with Gasteiger partial charge in [-0.1, -0.05) is 13.8 Å². The molecule has 2 heterocycles. The van der Waals surface area contributed by atoms with Crippen LogP contribution in [0.1, 0.15) is 33.6 Å². The molecule has 0 radical (unpaired) electrons. The van der Waals surface area contributed by atoms with Crippen LogP contribution in [0.4, 0.5) is 5.95 Å². The number of nitrogens with zero attached hydrogens (tertiary/aromatic N) is 3. The number of nitrogens with one attached hydrogen (secondary N) is 1. The number of ether oxygens (including phenoxy) is 2. The molecule has 11 heteroatoms. The summed E-state index contributed by atoms with van der Waals surface area (Å²) in [5, 5.41) is 0. The minimum Gasteiger partial charge on any atom is -0.465 e. The van der Waals surface area contributed by atoms with E-state index in [-0.39, 0.29) is 36.5 Å². The fourth-order valence-corrected chi connectivity index (χ4v) is 2.82. The van der Waals surface area contributed by atoms with E-state index in [9.17, 15) is 14.4 Å². The Bertz CT molecular complexity index is 906. The summed E-state index contributed by atoms with van der Waals surface area (Å²) in [6, 6.07) is -0.694. The first kappa shape index (κ1) is 22.3. The molecule has 1 unspecified atom stereocenters. The second-order valence-electron chi connectivity index (χ2n) is 7.38. The van der Waals surface area contributed by atoms with E-state index in [0.717, 1.165) is 0 Å². The summed E-state index contributed by atoms with van der Waals surface area (Å²) in [4.78, 5) is 45.7. The molecule has 160 valence electrons. The van der Waals surface area contributed by atoms with Crippen molar-refractivity contribution in [2.75, 3.05) is 18.9 Å². The SMILES string of the molecule is CC(=O)OCC(CCn1cnc2c(=O)[nH]c(N)nc21)COC(=O)[C@@H](N)CC(C)C. The third-order valence-electron chi connectivity index (χ3n) is 4.28. The maximum absolute atomic E-state index is 12.1. The van der Waals surface area contributed by atoms with E-state index in [2.05, 4.69) is 15.0 Å². The molecule has 11 nitrogen and oxygen atoms in total. The Kier molecular flexibility index (Phi) is 7.71. The zero-order valence-corrected chi connectivity index (χ0v) is 16.9. The predicted octanol–water partition coefficient (Wildman–Crippen LogP) is 0.188. The van der Waals surface area contributed by atoms with Gasteiger partial charge in [0.25, 0.3) is 5.56 Å². The number of fused-ring (bicyclic) bond motifs is 1. The van der Waals surface area contributed by atoms with Gasteiger partial charge >= 0.3 is 11.9 Å². The van der Waals surface area contributed by atoms with Gasteiger partial charge in [-0.15, -0.1) is 0 Å². The number of hydrogen-bond acceptors (Lipinski definition) is 9. The molecule has 0 aliphatic carbocycles. The Morgan fingerprint density at radius 3 is 2.62 bits per heavy atom. The number of hydrogen-bond donors (Lipinski definition) is 3. The molecule has 2 atom stereocenters. The third kappa shape index (κ3) is 6.56. The van der Waals surface area contributed by atoms with Crippen LogP contribution in [0, 0.1) is 11.8 Å². The van der Waals surface area contributed by atoms with Crippen LogP contribution in [-0.2, 0) is 25.6 Å². The number of anilines is 1. The summed E-state index contributed by atoms with van der Waals surface area (Å²) < 4.78 is 12.1. The Balaban J connectivity index is 2.02. The molecular weight excluding hydrogens is 380 g/mol. The van der Waals surface area contributed by atoms with Crippen molar-refractivity contribution >= 4 is 29.1 Å². The summed E-state index contributed by atoms with van der Waals surface area (Å²) in [7, 11) is 0. The predicted molar refractivity (Wildman–Crippen MR) is 106 cm³/mol. The number of nitrogen functional groups attached to an aromatic ring is 1. The van der Waals surface area contributed by atoms with Crippen LogP contribution < -0.4 is 17.0 Å². The van der Waals surface area contributed by atoms with Crippen molar-refractivity contribution in [1.82, 2.24) is 19.5 Å². The molecule has 2 aromatic rings. The highest BCUT2D eigenvalue weighted by Crippen LogP contribution is 2.13. The van der Waals surface area contributed by atoms with E-state index in [4.69, 9.17) is 20.9 Å². The van der Waals surface area contributed by atoms with E-state index in [1.807, 2.05) is 13.8 Å². The van der Waals surface area contributed by atoms with Crippen molar-refractivity contribution in [2.24, 2.45) is 17.6 Å². The van der Waals surface area contributed by atoms with Gasteiger partial charge in [0.2, 0.25) is 5.95 Å². The first-order valence-corrected chi connectivity index (χ1v) is 9.43. The Morgan fingerprint density at radius 2 is 1.97 bits per heavy atom. The minimum absolute atomic E-state index is 0.00576. The number of aromatic nitrogens is 4. The molecule has 0 aromatic carbocycles. The zero-order valence-electron chi connectivity index (χ0n) is 16.9. The topological polar surface area (TPSA) is 168 Å². The van der Waals surface area contributed by atoms with Gasteiger partial charge in [0, 0.05) is 19.4 Å². The minimum atomic E-state index is -0.694. The lowest BCUT2D eigenvalue weighted by molar-refractivity contribution is -0.149. The van der Waals surface area contributed by atoms with Crippen molar-refractivity contribution in [3.05, 3.63) is 16.7 Å². The first-order valence-electron chi connectivity index (χ1n) is 9.43. The lowest BCUT2D eigenvalue weighted by atomic mass is 10.0. The zero-order chi connectivity index (χ0) is 21.6. The van der Waals surface area contributed by atoms with Gasteiger partial charge in [-0.3, -0.25) is 19.4 Å². The van der Waals surface area contributed by atoms with Gasteiger partial charge in [-0.2, -0.15) is 4.98 Å². The van der Waals surface area contributed by atoms with E-state index in [1.165, 1.54) is 13.3 Å². The number of imidazole rings is 1. The lowest BCUT2D eigenvalue weighted by Gasteiger charge is -2.19. The number of rotatable bonds is 10. The molecule has 0 amide bonds. The molecule has 2 aromatic heterocycles. The average Bonchev–Trinajstić information content (AvgIpc) is 3.03. The number of carbonyl (C=O) groups excluding carboxylic acids is 2. The third-order valence-corrected chi connectivity index (χ3v) is 4.28. The second-order valence-corrected chi connectivity index (χ2v) is 7.38. The van der Waals surface area contributed by atoms with Gasteiger partial charge in [0.15, 0.2) is 11.2 Å². The maximum Gasteiger partial charge on any atom is 0.322 e. The van der Waals surface area contributed by atoms with Crippen molar-refractivity contribution in [2.45, 2.75) is 46.2 Å². The number of aromatic amines is 1. The van der Waals surface area contributed by atoms with Gasteiger partial charge in [-0.25, -0.2) is 4.98 Å². The quantitative estimate of drug-likeness (QED) is 0.464. The summed E-state index contributed by atoms with van der Waals surface area (Å²) in [6.07, 6.45) is 2.50. The highest BCUT2D eigenvalue weighted by atomic mass is 16.5. The van der Waals surface area contributed by atoms with Crippen molar-refractivity contribution in [3.63, 3.8) is 0 Å². The van der Waals surface area contributed by atoms with Crippen LogP contribution in [0.15, 0.2) is 11.1 Å². The molecule has 0 bridgehead atoms. The smallest absolute Gasteiger partial charge is 0.322 e. The molecule has 2 rings (SSSR count). The standard InChI is InChI=1S/C18H28N6O5/c1-10(2)6-13(19)17(27)29-8-12(7-28-11(3)25)4-5-24-9-21-14-15(24)22-18(20)23-16(14)26/h9-10,12-13H,4-8,19H2,1-3H3,(H3,20,22,23,26)/t12?,13-/m0/s1. The van der Waals surface area contributed by atoms with Gasteiger partial charge in [0.05, 0.1) is 19.5 Å². The van der Waals surface area contributed by atoms with Crippen LogP contribution in [0.3, 0.4) is 0 Å². The largest absolute Gasteiger partial charge is 0.465 e. The van der Waals surface area contributed by atoms with E-state index in [0.29, 0.717) is 25.0 Å². The van der Waals surface area contributed by atoms with Crippen LogP contribution in [0.5, 0.6) is 0 Å². The summed E-state index contributed by atoms with van der Waals surface area (Å²) in [5.74, 6) is -0.904. The highest BCUT2D eigenvalue weighted by Gasteiger charge is 2.20. The van der Waals surface area contributed by atoms with E-state index >= 15 is 0 Å². The van der Waals surface area contributed by atoms with Crippen LogP contribution in [0.2, 0.25) is 0 Å². The molecule has 0 saturated heterocycles. The number of aryl methyl sites for hydroxylation is 1. The molecule has 5 N–H and O–H groups in total. The summed E-state index contributed by atoms with van der Waals surface area (Å²) in [6.45, 7) is 5.80. The van der Waals surface area contributed by atoms with Crippen LogP contribution >= 0.6 is 0 Å². The molecule has 0 spiro atoms. The Hall–Kier alpha value is -2.95. The fraction of sp³-hybridized carbons (Fsp3) is 0.611. The highest BCUT2D eigenvalue weighted by molar-refractivity contribution is 5.75. The van der Waals surface area contributed by atoms with E-state index < -0.39 is 23.5 Å². The molecule has 0 aliphatic heterocycles. The average molecular weight is 408 g/mol. The number of nitrogens with two attached hydrogens (primary N) is 2. The first-order chi connectivity index (χ1) is 13.7. The van der Waals surface area contributed by atoms with Gasteiger partial charge in [-0.05, 0) is 18.8 Å². The lowest BCUT2D eigenvalue weighted by Crippen LogP contribution is -2.35. The normalized spacial score (nSPS) is 13.4. The molecule has 0 saturated carbocycles. The fourth-order valence-electron chi connectivity index (χ4n) is 2.82. The summed E-state index contributed by atoms with van der Waals surface area (Å²) >= 11 is 0. The van der Waals surface area contributed by atoms with Crippen LogP contribution in [-0.4, -0.2) is 50.7 Å². The molecular formula is C18H28N6O5. The molecule has 29 heavy (non-hydrogen) atoms. The molecule has 0 fully saturated rings. The monoisotopic (exact) mass is 408 g/mol. The molecule has 0 aliphatic rings. The Morgan fingerprint density at radius 1 is 1.28 bits per heavy atom. The van der Waals surface area contributed by atoms with Crippen molar-refractivity contribution in [1.29, 1.82) is 0 Å². The van der Waals surface area contributed by atoms with Crippen LogP contribution in [0.25, 0.3) is 11.2 Å². The second kappa shape index (κ2) is 10.0.